The first-order valence-electron chi connectivity index (χ1n) is 9.03. The van der Waals surface area contributed by atoms with E-state index in [1.165, 1.54) is 25.4 Å². The SMILES string of the molecule is COC(=O)[C@H](N)Cc1ccc(Oc2ccc(Nc3ncccc3[N+](=O)[O-])cc2)cc1. The maximum absolute atomic E-state index is 11.4. The quantitative estimate of drug-likeness (QED) is 0.329. The number of anilines is 2. The predicted octanol–water partition coefficient (Wildman–Crippen LogP) is 3.57. The van der Waals surface area contributed by atoms with Crippen molar-refractivity contribution < 1.29 is 19.2 Å². The zero-order valence-corrected chi connectivity index (χ0v) is 16.1. The van der Waals surface area contributed by atoms with Gasteiger partial charge in [0, 0.05) is 18.0 Å². The summed E-state index contributed by atoms with van der Waals surface area (Å²) in [7, 11) is 1.30. The molecule has 1 atom stereocenters. The molecule has 3 aromatic rings. The van der Waals surface area contributed by atoms with Crippen molar-refractivity contribution in [3.8, 4) is 11.5 Å². The van der Waals surface area contributed by atoms with Crippen LogP contribution in [-0.2, 0) is 16.0 Å². The number of nitrogens with zero attached hydrogens (tertiary/aromatic N) is 2. The number of carbonyl (C=O) groups is 1. The van der Waals surface area contributed by atoms with Gasteiger partial charge in [-0.2, -0.15) is 0 Å². The largest absolute Gasteiger partial charge is 0.468 e. The van der Waals surface area contributed by atoms with Crippen LogP contribution in [0.3, 0.4) is 0 Å². The number of hydrogen-bond donors (Lipinski definition) is 2. The van der Waals surface area contributed by atoms with Crippen LogP contribution in [-0.4, -0.2) is 29.0 Å². The van der Waals surface area contributed by atoms with Crippen LogP contribution in [0.4, 0.5) is 17.2 Å². The molecule has 0 saturated heterocycles. The number of pyridine rings is 1. The molecule has 0 aliphatic carbocycles. The van der Waals surface area contributed by atoms with Crippen molar-refractivity contribution in [3.63, 3.8) is 0 Å². The number of hydrogen-bond acceptors (Lipinski definition) is 8. The van der Waals surface area contributed by atoms with Crippen LogP contribution >= 0.6 is 0 Å². The molecule has 9 nitrogen and oxygen atoms in total. The molecule has 1 heterocycles. The predicted molar refractivity (Wildman–Crippen MR) is 111 cm³/mol. The number of rotatable bonds is 8. The molecule has 0 aliphatic heterocycles. The van der Waals surface area contributed by atoms with E-state index in [0.717, 1.165) is 5.56 Å². The van der Waals surface area contributed by atoms with Crippen molar-refractivity contribution in [2.75, 3.05) is 12.4 Å². The van der Waals surface area contributed by atoms with E-state index in [4.69, 9.17) is 10.5 Å². The molecule has 3 rings (SSSR count). The summed E-state index contributed by atoms with van der Waals surface area (Å²) in [5.41, 5.74) is 7.18. The van der Waals surface area contributed by atoms with Crippen LogP contribution in [0.25, 0.3) is 0 Å². The number of benzene rings is 2. The Kier molecular flexibility index (Phi) is 6.56. The number of nitro groups is 1. The molecule has 0 fully saturated rings. The molecule has 0 radical (unpaired) electrons. The second kappa shape index (κ2) is 9.48. The van der Waals surface area contributed by atoms with Gasteiger partial charge in [-0.15, -0.1) is 0 Å². The lowest BCUT2D eigenvalue weighted by atomic mass is 10.1. The van der Waals surface area contributed by atoms with Gasteiger partial charge >= 0.3 is 11.7 Å². The first kappa shape index (κ1) is 20.7. The summed E-state index contributed by atoms with van der Waals surface area (Å²) in [6.45, 7) is 0. The summed E-state index contributed by atoms with van der Waals surface area (Å²) in [4.78, 5) is 26.0. The lowest BCUT2D eigenvalue weighted by Gasteiger charge is -2.11. The van der Waals surface area contributed by atoms with Gasteiger partial charge < -0.3 is 20.5 Å². The fourth-order valence-corrected chi connectivity index (χ4v) is 2.70. The highest BCUT2D eigenvalue weighted by atomic mass is 16.6. The molecule has 154 valence electrons. The van der Waals surface area contributed by atoms with Gasteiger partial charge in [-0.05, 0) is 54.4 Å². The molecule has 0 saturated carbocycles. The molecular formula is C21H20N4O5. The Bertz CT molecular complexity index is 1020. The first-order valence-corrected chi connectivity index (χ1v) is 9.03. The van der Waals surface area contributed by atoms with Crippen LogP contribution in [0.5, 0.6) is 11.5 Å². The van der Waals surface area contributed by atoms with E-state index >= 15 is 0 Å². The summed E-state index contributed by atoms with van der Waals surface area (Å²) in [6.07, 6.45) is 1.85. The Morgan fingerprint density at radius 3 is 2.37 bits per heavy atom. The number of aromatic nitrogens is 1. The Hall–Kier alpha value is -3.98. The van der Waals surface area contributed by atoms with Gasteiger partial charge in [0.05, 0.1) is 12.0 Å². The fraction of sp³-hybridized carbons (Fsp3) is 0.143. The molecular weight excluding hydrogens is 388 g/mol. The molecule has 9 heteroatoms. The summed E-state index contributed by atoms with van der Waals surface area (Å²) in [5, 5.41) is 14.0. The van der Waals surface area contributed by atoms with Gasteiger partial charge in [0.1, 0.15) is 17.5 Å². The molecule has 0 amide bonds. The van der Waals surface area contributed by atoms with E-state index in [1.54, 1.807) is 36.4 Å². The third kappa shape index (κ3) is 5.30. The number of carbonyl (C=O) groups excluding carboxylic acids is 1. The minimum atomic E-state index is -0.711. The van der Waals surface area contributed by atoms with Crippen LogP contribution in [0, 0.1) is 10.1 Å². The zero-order valence-electron chi connectivity index (χ0n) is 16.1. The maximum Gasteiger partial charge on any atom is 0.322 e. The van der Waals surface area contributed by atoms with Crippen molar-refractivity contribution in [1.29, 1.82) is 0 Å². The Morgan fingerprint density at radius 2 is 1.77 bits per heavy atom. The highest BCUT2D eigenvalue weighted by Crippen LogP contribution is 2.27. The van der Waals surface area contributed by atoms with Gasteiger partial charge in [-0.25, -0.2) is 4.98 Å². The highest BCUT2D eigenvalue weighted by molar-refractivity contribution is 5.75. The molecule has 0 unspecified atom stereocenters. The van der Waals surface area contributed by atoms with E-state index in [9.17, 15) is 14.9 Å². The third-order valence-electron chi connectivity index (χ3n) is 4.22. The average molecular weight is 408 g/mol. The van der Waals surface area contributed by atoms with Crippen LogP contribution in [0.2, 0.25) is 0 Å². The minimum absolute atomic E-state index is 0.107. The van der Waals surface area contributed by atoms with Crippen LogP contribution < -0.4 is 15.8 Å². The van der Waals surface area contributed by atoms with Crippen molar-refractivity contribution in [3.05, 3.63) is 82.5 Å². The van der Waals surface area contributed by atoms with Crippen molar-refractivity contribution >= 4 is 23.2 Å². The number of esters is 1. The lowest BCUT2D eigenvalue weighted by Crippen LogP contribution is -2.33. The van der Waals surface area contributed by atoms with Crippen molar-refractivity contribution in [1.82, 2.24) is 4.98 Å². The monoisotopic (exact) mass is 408 g/mol. The van der Waals surface area contributed by atoms with E-state index < -0.39 is 16.9 Å². The molecule has 0 bridgehead atoms. The number of ether oxygens (including phenoxy) is 2. The van der Waals surface area contributed by atoms with E-state index in [-0.39, 0.29) is 11.5 Å². The van der Waals surface area contributed by atoms with Gasteiger partial charge in [0.25, 0.3) is 0 Å². The number of nitrogens with one attached hydrogen (secondary N) is 1. The third-order valence-corrected chi connectivity index (χ3v) is 4.22. The molecule has 3 N–H and O–H groups in total. The Labute approximate surface area is 172 Å². The van der Waals surface area contributed by atoms with Crippen molar-refractivity contribution in [2.24, 2.45) is 5.73 Å². The molecule has 2 aromatic carbocycles. The number of nitrogens with two attached hydrogens (primary N) is 1. The smallest absolute Gasteiger partial charge is 0.322 e. The molecule has 30 heavy (non-hydrogen) atoms. The summed E-state index contributed by atoms with van der Waals surface area (Å²) in [5.74, 6) is 0.915. The van der Waals surface area contributed by atoms with E-state index in [1.807, 2.05) is 12.1 Å². The van der Waals surface area contributed by atoms with Crippen LogP contribution in [0.15, 0.2) is 66.9 Å². The van der Waals surface area contributed by atoms with Crippen molar-refractivity contribution in [2.45, 2.75) is 12.5 Å². The second-order valence-electron chi connectivity index (χ2n) is 6.36. The lowest BCUT2D eigenvalue weighted by molar-refractivity contribution is -0.384. The van der Waals surface area contributed by atoms with E-state index in [2.05, 4.69) is 15.0 Å². The fourth-order valence-electron chi connectivity index (χ4n) is 2.70. The summed E-state index contributed by atoms with van der Waals surface area (Å²) in [6, 6.07) is 16.3. The normalized spacial score (nSPS) is 11.4. The van der Waals surface area contributed by atoms with Gasteiger partial charge in [0.15, 0.2) is 0 Å². The molecule has 0 aliphatic rings. The molecule has 1 aromatic heterocycles. The standard InChI is InChI=1S/C21H20N4O5/c1-29-21(26)18(22)13-14-4-8-16(9-5-14)30-17-10-6-15(7-11-17)24-20-19(25(27)28)3-2-12-23-20/h2-12,18H,13,22H2,1H3,(H,23,24)/t18-/m1/s1. The van der Waals surface area contributed by atoms with Gasteiger partial charge in [0.2, 0.25) is 5.82 Å². The topological polar surface area (TPSA) is 130 Å². The zero-order chi connectivity index (χ0) is 21.5. The number of methoxy groups -OCH3 is 1. The van der Waals surface area contributed by atoms with Crippen LogP contribution in [0.1, 0.15) is 5.56 Å². The summed E-state index contributed by atoms with van der Waals surface area (Å²) >= 11 is 0. The van der Waals surface area contributed by atoms with E-state index in [0.29, 0.717) is 23.6 Å². The first-order chi connectivity index (χ1) is 14.5. The summed E-state index contributed by atoms with van der Waals surface area (Å²) < 4.78 is 10.4. The minimum Gasteiger partial charge on any atom is -0.468 e. The average Bonchev–Trinajstić information content (AvgIpc) is 2.76. The van der Waals surface area contributed by atoms with Gasteiger partial charge in [-0.3, -0.25) is 14.9 Å². The molecule has 0 spiro atoms. The highest BCUT2D eigenvalue weighted by Gasteiger charge is 2.15. The maximum atomic E-state index is 11.4. The Balaban J connectivity index is 1.62. The van der Waals surface area contributed by atoms with Gasteiger partial charge in [-0.1, -0.05) is 12.1 Å². The second-order valence-corrected chi connectivity index (χ2v) is 6.36. The Morgan fingerprint density at radius 1 is 1.13 bits per heavy atom.